The van der Waals surface area contributed by atoms with Gasteiger partial charge in [0.15, 0.2) is 0 Å². The molecule has 2 rings (SSSR count). The van der Waals surface area contributed by atoms with E-state index in [9.17, 15) is 9.59 Å². The van der Waals surface area contributed by atoms with Crippen molar-refractivity contribution >= 4 is 17.2 Å². The van der Waals surface area contributed by atoms with E-state index in [4.69, 9.17) is 5.11 Å². The second-order valence-corrected chi connectivity index (χ2v) is 4.06. The summed E-state index contributed by atoms with van der Waals surface area (Å²) in [4.78, 5) is 36.0. The molecule has 0 spiro atoms. The summed E-state index contributed by atoms with van der Waals surface area (Å²) < 4.78 is 5.64. The van der Waals surface area contributed by atoms with Crippen molar-refractivity contribution in [3.63, 3.8) is 0 Å². The number of carbonyl (C=O) groups is 1. The zero-order chi connectivity index (χ0) is 15.2. The van der Waals surface area contributed by atoms with Gasteiger partial charge >= 0.3 is 17.6 Å². The van der Waals surface area contributed by atoms with Crippen LogP contribution in [-0.2, 0) is 16.2 Å². The van der Waals surface area contributed by atoms with Crippen LogP contribution in [-0.4, -0.2) is 34.5 Å². The Hall–Kier alpha value is -2.61. The van der Waals surface area contributed by atoms with Gasteiger partial charge in [0, 0.05) is 13.2 Å². The minimum absolute atomic E-state index is 0.0576. The lowest BCUT2D eigenvalue weighted by molar-refractivity contribution is -0.169. The average molecular weight is 294 g/mol. The summed E-state index contributed by atoms with van der Waals surface area (Å²) in [5, 5.41) is 8.92. The number of aromatic nitrogens is 2. The zero-order valence-electron chi connectivity index (χ0n) is 11.3. The largest absolute Gasteiger partial charge is 0.549 e. The standard InChI is InChI=1S/C13H14N2O6/c1-19-13(18)21-20-11-12(17)15(7-4-8-16)10-6-3-2-5-9(10)14-11/h2-3,5-6,16H,4,7-8H2,1H3. The summed E-state index contributed by atoms with van der Waals surface area (Å²) in [5.74, 6) is -0.378. The summed E-state index contributed by atoms with van der Waals surface area (Å²) in [6.07, 6.45) is -0.697. The lowest BCUT2D eigenvalue weighted by atomic mass is 10.3. The molecule has 1 aromatic carbocycles. The Balaban J connectivity index is 2.44. The Morgan fingerprint density at radius 1 is 1.38 bits per heavy atom. The molecule has 8 heteroatoms. The van der Waals surface area contributed by atoms with Gasteiger partial charge in [-0.1, -0.05) is 12.1 Å². The van der Waals surface area contributed by atoms with Gasteiger partial charge in [0.05, 0.1) is 18.1 Å². The summed E-state index contributed by atoms with van der Waals surface area (Å²) in [7, 11) is 1.11. The van der Waals surface area contributed by atoms with Gasteiger partial charge in [-0.05, 0) is 18.6 Å². The number of rotatable bonds is 5. The maximum atomic E-state index is 12.3. The van der Waals surface area contributed by atoms with E-state index in [1.54, 1.807) is 24.3 Å². The molecule has 0 fully saturated rings. The topological polar surface area (TPSA) is 99.9 Å². The van der Waals surface area contributed by atoms with Gasteiger partial charge in [-0.3, -0.25) is 9.68 Å². The molecule has 0 saturated carbocycles. The average Bonchev–Trinajstić information content (AvgIpc) is 2.51. The fraction of sp³-hybridized carbons (Fsp3) is 0.308. The maximum absolute atomic E-state index is 12.3. The quantitative estimate of drug-likeness (QED) is 0.496. The van der Waals surface area contributed by atoms with E-state index in [1.807, 2.05) is 0 Å². The number of para-hydroxylation sites is 2. The number of carbonyl (C=O) groups excluding carboxylic acids is 1. The molecule has 0 radical (unpaired) electrons. The van der Waals surface area contributed by atoms with Gasteiger partial charge in [0.2, 0.25) is 0 Å². The predicted octanol–water partition coefficient (Wildman–Crippen LogP) is 0.856. The van der Waals surface area contributed by atoms with Crippen molar-refractivity contribution in [2.24, 2.45) is 0 Å². The smallest absolute Gasteiger partial charge is 0.435 e. The Bertz CT molecular complexity index is 697. The van der Waals surface area contributed by atoms with E-state index in [1.165, 1.54) is 4.57 Å². The van der Waals surface area contributed by atoms with Crippen LogP contribution < -0.4 is 10.4 Å². The van der Waals surface area contributed by atoms with Crippen LogP contribution in [0.5, 0.6) is 5.88 Å². The number of aliphatic hydroxyl groups is 1. The first-order valence-electron chi connectivity index (χ1n) is 6.20. The summed E-state index contributed by atoms with van der Waals surface area (Å²) in [5.41, 5.74) is 0.533. The van der Waals surface area contributed by atoms with Crippen molar-refractivity contribution in [3.05, 3.63) is 34.6 Å². The monoisotopic (exact) mass is 294 g/mol. The number of hydrogen-bond acceptors (Lipinski definition) is 7. The third-order valence-corrected chi connectivity index (χ3v) is 2.72. The van der Waals surface area contributed by atoms with Gasteiger partial charge in [-0.15, -0.1) is 0 Å². The molecule has 1 aromatic heterocycles. The van der Waals surface area contributed by atoms with Gasteiger partial charge in [-0.25, -0.2) is 9.87 Å². The van der Waals surface area contributed by atoms with Crippen molar-refractivity contribution in [3.8, 4) is 5.88 Å². The molecule has 21 heavy (non-hydrogen) atoms. The van der Waals surface area contributed by atoms with Crippen LogP contribution in [0.15, 0.2) is 29.1 Å². The molecule has 0 saturated heterocycles. The van der Waals surface area contributed by atoms with E-state index in [-0.39, 0.29) is 19.0 Å². The number of aryl methyl sites for hydroxylation is 1. The van der Waals surface area contributed by atoms with Crippen molar-refractivity contribution in [2.45, 2.75) is 13.0 Å². The molecule has 0 aliphatic carbocycles. The summed E-state index contributed by atoms with van der Waals surface area (Å²) in [6.45, 7) is 0.227. The molecule has 1 N–H and O–H groups in total. The first-order chi connectivity index (χ1) is 10.2. The third-order valence-electron chi connectivity index (χ3n) is 2.72. The predicted molar refractivity (Wildman–Crippen MR) is 71.8 cm³/mol. The Kier molecular flexibility index (Phi) is 4.72. The molecule has 8 nitrogen and oxygen atoms in total. The van der Waals surface area contributed by atoms with Crippen LogP contribution in [0, 0.1) is 0 Å². The first-order valence-corrected chi connectivity index (χ1v) is 6.20. The van der Waals surface area contributed by atoms with Crippen molar-refractivity contribution in [2.75, 3.05) is 13.7 Å². The van der Waals surface area contributed by atoms with Crippen LogP contribution in [0.3, 0.4) is 0 Å². The highest BCUT2D eigenvalue weighted by molar-refractivity contribution is 5.75. The van der Waals surface area contributed by atoms with Crippen molar-refractivity contribution in [1.29, 1.82) is 0 Å². The highest BCUT2D eigenvalue weighted by Crippen LogP contribution is 2.13. The molecule has 0 unspecified atom stereocenters. The van der Waals surface area contributed by atoms with E-state index in [2.05, 4.69) is 19.5 Å². The first kappa shape index (κ1) is 14.8. The van der Waals surface area contributed by atoms with E-state index >= 15 is 0 Å². The van der Waals surface area contributed by atoms with Gasteiger partial charge < -0.3 is 14.4 Å². The normalized spacial score (nSPS) is 10.4. The maximum Gasteiger partial charge on any atom is 0.549 e. The van der Waals surface area contributed by atoms with E-state index < -0.39 is 11.7 Å². The van der Waals surface area contributed by atoms with Gasteiger partial charge in [0.25, 0.3) is 0 Å². The van der Waals surface area contributed by atoms with E-state index in [0.29, 0.717) is 17.5 Å². The third kappa shape index (κ3) is 3.29. The molecule has 112 valence electrons. The number of hydrogen-bond donors (Lipinski definition) is 1. The molecule has 0 aliphatic rings. The van der Waals surface area contributed by atoms with Crippen molar-refractivity contribution < 1.29 is 24.4 Å². The number of nitrogens with zero attached hydrogens (tertiary/aromatic N) is 2. The molecule has 0 bridgehead atoms. The lowest BCUT2D eigenvalue weighted by Crippen LogP contribution is -2.25. The molecule has 0 atom stereocenters. The Morgan fingerprint density at radius 2 is 2.14 bits per heavy atom. The second-order valence-electron chi connectivity index (χ2n) is 4.06. The van der Waals surface area contributed by atoms with Crippen LogP contribution in [0.25, 0.3) is 11.0 Å². The van der Waals surface area contributed by atoms with Gasteiger partial charge in [0.1, 0.15) is 0 Å². The van der Waals surface area contributed by atoms with Crippen LogP contribution in [0.4, 0.5) is 4.79 Å². The molecule has 1 heterocycles. The zero-order valence-corrected chi connectivity index (χ0v) is 11.3. The Labute approximate surface area is 119 Å². The fourth-order valence-electron chi connectivity index (χ4n) is 1.78. The number of fused-ring (bicyclic) bond motifs is 1. The minimum Gasteiger partial charge on any atom is -0.435 e. The van der Waals surface area contributed by atoms with Crippen LogP contribution >= 0.6 is 0 Å². The Morgan fingerprint density at radius 3 is 2.86 bits per heavy atom. The number of benzene rings is 1. The number of ether oxygens (including phenoxy) is 1. The fourth-order valence-corrected chi connectivity index (χ4v) is 1.78. The molecule has 0 aliphatic heterocycles. The van der Waals surface area contributed by atoms with E-state index in [0.717, 1.165) is 7.11 Å². The molecule has 2 aromatic rings. The van der Waals surface area contributed by atoms with Gasteiger partial charge in [-0.2, -0.15) is 4.79 Å². The van der Waals surface area contributed by atoms with Crippen molar-refractivity contribution in [1.82, 2.24) is 9.55 Å². The molecular weight excluding hydrogens is 280 g/mol. The SMILES string of the molecule is COC(=O)OOc1nc2ccccc2n(CCCO)c1=O. The number of methoxy groups -OCH3 is 1. The number of aliphatic hydroxyl groups excluding tert-OH is 1. The lowest BCUT2D eigenvalue weighted by Gasteiger charge is -2.10. The minimum atomic E-state index is -1.09. The summed E-state index contributed by atoms with van der Waals surface area (Å²) in [6, 6.07) is 6.94. The highest BCUT2D eigenvalue weighted by atomic mass is 17.2. The second kappa shape index (κ2) is 6.71. The van der Waals surface area contributed by atoms with Crippen LogP contribution in [0.1, 0.15) is 6.42 Å². The van der Waals surface area contributed by atoms with Crippen LogP contribution in [0.2, 0.25) is 0 Å². The summed E-state index contributed by atoms with van der Waals surface area (Å²) >= 11 is 0. The highest BCUT2D eigenvalue weighted by Gasteiger charge is 2.14. The molecular formula is C13H14N2O6. The molecule has 0 amide bonds.